The van der Waals surface area contributed by atoms with Gasteiger partial charge in [-0.05, 0) is 31.5 Å². The van der Waals surface area contributed by atoms with Crippen LogP contribution in [0.5, 0.6) is 5.75 Å². The van der Waals surface area contributed by atoms with Crippen LogP contribution in [0.2, 0.25) is 0 Å². The lowest BCUT2D eigenvalue weighted by atomic mass is 10.2. The molecule has 22 heavy (non-hydrogen) atoms. The molecule has 3 N–H and O–H groups in total. The minimum Gasteiger partial charge on any atom is -0.484 e. The lowest BCUT2D eigenvalue weighted by molar-refractivity contribution is -0.122. The van der Waals surface area contributed by atoms with Crippen LogP contribution in [0, 0.1) is 13.8 Å². The first-order valence-electron chi connectivity index (χ1n) is 7.23. The molecule has 2 rings (SSSR count). The third-order valence-electron chi connectivity index (χ3n) is 3.46. The maximum atomic E-state index is 11.2. The normalized spacial score (nSPS) is 10.5. The fourth-order valence-corrected chi connectivity index (χ4v) is 2.13. The van der Waals surface area contributed by atoms with Crippen molar-refractivity contribution >= 4 is 5.91 Å². The van der Waals surface area contributed by atoms with Gasteiger partial charge in [0.2, 0.25) is 0 Å². The molecule has 0 unspecified atom stereocenters. The highest BCUT2D eigenvalue weighted by atomic mass is 16.5. The first kappa shape index (κ1) is 16.0. The standard InChI is InChI=1S/C16H22N4O2/c1-11-15(12(2)20-19-11)9-18-8-13-5-4-6-14(7-13)22-10-16(21)17-3/h4-7,18H,8-10H2,1-3H3,(H,17,21)(H,19,20). The Hall–Kier alpha value is -2.34. The molecule has 0 aliphatic heterocycles. The van der Waals surface area contributed by atoms with Crippen molar-refractivity contribution in [1.29, 1.82) is 0 Å². The van der Waals surface area contributed by atoms with Crippen LogP contribution in [-0.4, -0.2) is 29.8 Å². The van der Waals surface area contributed by atoms with Crippen LogP contribution >= 0.6 is 0 Å². The van der Waals surface area contributed by atoms with E-state index in [0.29, 0.717) is 5.75 Å². The van der Waals surface area contributed by atoms with E-state index in [0.717, 1.165) is 30.0 Å². The van der Waals surface area contributed by atoms with E-state index in [1.165, 1.54) is 5.56 Å². The molecule has 0 fully saturated rings. The van der Waals surface area contributed by atoms with Crippen molar-refractivity contribution in [1.82, 2.24) is 20.8 Å². The Morgan fingerprint density at radius 3 is 2.82 bits per heavy atom. The molecular formula is C16H22N4O2. The maximum absolute atomic E-state index is 11.2. The number of hydrogen-bond donors (Lipinski definition) is 3. The summed E-state index contributed by atoms with van der Waals surface area (Å²) in [6.07, 6.45) is 0. The van der Waals surface area contributed by atoms with E-state index in [2.05, 4.69) is 20.8 Å². The number of nitrogens with zero attached hydrogens (tertiary/aromatic N) is 1. The predicted molar refractivity (Wildman–Crippen MR) is 84.6 cm³/mol. The van der Waals surface area contributed by atoms with Gasteiger partial charge in [0.25, 0.3) is 5.91 Å². The zero-order chi connectivity index (χ0) is 15.9. The van der Waals surface area contributed by atoms with Crippen molar-refractivity contribution in [3.63, 3.8) is 0 Å². The van der Waals surface area contributed by atoms with E-state index in [1.54, 1.807) is 7.05 Å². The number of aryl methyl sites for hydroxylation is 2. The second kappa shape index (κ2) is 7.61. The summed E-state index contributed by atoms with van der Waals surface area (Å²) in [5.74, 6) is 0.549. The van der Waals surface area contributed by atoms with Gasteiger partial charge >= 0.3 is 0 Å². The van der Waals surface area contributed by atoms with E-state index >= 15 is 0 Å². The number of rotatable bonds is 7. The Kier molecular flexibility index (Phi) is 5.55. The molecule has 0 spiro atoms. The third kappa shape index (κ3) is 4.33. The number of carbonyl (C=O) groups is 1. The summed E-state index contributed by atoms with van der Waals surface area (Å²) in [6, 6.07) is 7.72. The number of ether oxygens (including phenoxy) is 1. The molecular weight excluding hydrogens is 280 g/mol. The van der Waals surface area contributed by atoms with Gasteiger partial charge in [-0.2, -0.15) is 5.10 Å². The SMILES string of the molecule is CNC(=O)COc1cccc(CNCc2c(C)n[nH]c2C)c1. The van der Waals surface area contributed by atoms with Crippen LogP contribution in [0.15, 0.2) is 24.3 Å². The lowest BCUT2D eigenvalue weighted by Gasteiger charge is -2.09. The molecule has 0 radical (unpaired) electrons. The van der Waals surface area contributed by atoms with E-state index in [1.807, 2.05) is 38.1 Å². The molecule has 1 amide bonds. The van der Waals surface area contributed by atoms with Crippen LogP contribution in [0.3, 0.4) is 0 Å². The average Bonchev–Trinajstić information content (AvgIpc) is 2.85. The number of carbonyl (C=O) groups excluding carboxylic acids is 1. The number of aromatic amines is 1. The Morgan fingerprint density at radius 1 is 1.32 bits per heavy atom. The summed E-state index contributed by atoms with van der Waals surface area (Å²) in [4.78, 5) is 11.2. The monoisotopic (exact) mass is 302 g/mol. The number of likely N-dealkylation sites (N-methyl/N-ethyl adjacent to an activating group) is 1. The highest BCUT2D eigenvalue weighted by Gasteiger charge is 2.06. The highest BCUT2D eigenvalue weighted by Crippen LogP contribution is 2.14. The second-order valence-corrected chi connectivity index (χ2v) is 5.13. The van der Waals surface area contributed by atoms with Crippen molar-refractivity contribution in [2.24, 2.45) is 0 Å². The van der Waals surface area contributed by atoms with Crippen molar-refractivity contribution in [2.75, 3.05) is 13.7 Å². The number of nitrogens with one attached hydrogen (secondary N) is 3. The van der Waals surface area contributed by atoms with Gasteiger partial charge in [0.1, 0.15) is 5.75 Å². The Bertz CT molecular complexity index is 617. The average molecular weight is 302 g/mol. The first-order valence-corrected chi connectivity index (χ1v) is 7.23. The number of H-pyrrole nitrogens is 1. The third-order valence-corrected chi connectivity index (χ3v) is 3.46. The van der Waals surface area contributed by atoms with Crippen molar-refractivity contribution in [3.05, 3.63) is 46.8 Å². The summed E-state index contributed by atoms with van der Waals surface area (Å²) in [7, 11) is 1.59. The quantitative estimate of drug-likeness (QED) is 0.723. The maximum Gasteiger partial charge on any atom is 0.257 e. The van der Waals surface area contributed by atoms with Crippen LogP contribution in [0.4, 0.5) is 0 Å². The van der Waals surface area contributed by atoms with Crippen LogP contribution in [0.25, 0.3) is 0 Å². The second-order valence-electron chi connectivity index (χ2n) is 5.13. The Labute approximate surface area is 130 Å². The summed E-state index contributed by atoms with van der Waals surface area (Å²) >= 11 is 0. The van der Waals surface area contributed by atoms with E-state index in [-0.39, 0.29) is 12.5 Å². The number of aromatic nitrogens is 2. The van der Waals surface area contributed by atoms with E-state index in [4.69, 9.17) is 4.74 Å². The molecule has 0 atom stereocenters. The minimum atomic E-state index is -0.144. The molecule has 0 aliphatic carbocycles. The van der Waals surface area contributed by atoms with Crippen molar-refractivity contribution in [3.8, 4) is 5.75 Å². The van der Waals surface area contributed by atoms with Gasteiger partial charge in [0, 0.05) is 31.4 Å². The highest BCUT2D eigenvalue weighted by molar-refractivity contribution is 5.77. The fraction of sp³-hybridized carbons (Fsp3) is 0.375. The van der Waals surface area contributed by atoms with Crippen molar-refractivity contribution < 1.29 is 9.53 Å². The van der Waals surface area contributed by atoms with Crippen molar-refractivity contribution in [2.45, 2.75) is 26.9 Å². The van der Waals surface area contributed by atoms with E-state index in [9.17, 15) is 4.79 Å². The van der Waals surface area contributed by atoms with Gasteiger partial charge in [-0.15, -0.1) is 0 Å². The Balaban J connectivity index is 1.86. The molecule has 1 aromatic heterocycles. The van der Waals surface area contributed by atoms with E-state index < -0.39 is 0 Å². The summed E-state index contributed by atoms with van der Waals surface area (Å²) in [6.45, 7) is 5.53. The summed E-state index contributed by atoms with van der Waals surface area (Å²) in [5, 5.41) is 13.1. The molecule has 6 heteroatoms. The summed E-state index contributed by atoms with van der Waals surface area (Å²) in [5.41, 5.74) is 4.42. The van der Waals surface area contributed by atoms with Gasteiger partial charge < -0.3 is 15.4 Å². The molecule has 0 saturated heterocycles. The minimum absolute atomic E-state index is 0.0286. The molecule has 6 nitrogen and oxygen atoms in total. The van der Waals surface area contributed by atoms with Gasteiger partial charge in [-0.1, -0.05) is 12.1 Å². The first-order chi connectivity index (χ1) is 10.6. The fourth-order valence-electron chi connectivity index (χ4n) is 2.13. The largest absolute Gasteiger partial charge is 0.484 e. The molecule has 1 aromatic carbocycles. The predicted octanol–water partition coefficient (Wildman–Crippen LogP) is 1.44. The van der Waals surface area contributed by atoms with Gasteiger partial charge in [0.15, 0.2) is 6.61 Å². The molecule has 118 valence electrons. The van der Waals surface area contributed by atoms with Crippen LogP contribution in [-0.2, 0) is 17.9 Å². The number of hydrogen-bond acceptors (Lipinski definition) is 4. The van der Waals surface area contributed by atoms with Gasteiger partial charge in [0.05, 0.1) is 5.69 Å². The Morgan fingerprint density at radius 2 is 2.14 bits per heavy atom. The number of amides is 1. The number of benzene rings is 1. The zero-order valence-electron chi connectivity index (χ0n) is 13.2. The topological polar surface area (TPSA) is 79.0 Å². The molecule has 2 aromatic rings. The van der Waals surface area contributed by atoms with Crippen LogP contribution < -0.4 is 15.4 Å². The molecule has 1 heterocycles. The smallest absolute Gasteiger partial charge is 0.257 e. The molecule has 0 bridgehead atoms. The van der Waals surface area contributed by atoms with Crippen LogP contribution in [0.1, 0.15) is 22.5 Å². The van der Waals surface area contributed by atoms with Gasteiger partial charge in [-0.25, -0.2) is 0 Å². The van der Waals surface area contributed by atoms with Gasteiger partial charge in [-0.3, -0.25) is 9.89 Å². The lowest BCUT2D eigenvalue weighted by Crippen LogP contribution is -2.24. The zero-order valence-corrected chi connectivity index (χ0v) is 13.2. The molecule has 0 saturated carbocycles. The summed E-state index contributed by atoms with van der Waals surface area (Å²) < 4.78 is 5.43. The molecule has 0 aliphatic rings.